The number of ether oxygens (including phenoxy) is 1. The lowest BCUT2D eigenvalue weighted by Crippen LogP contribution is -2.07. The van der Waals surface area contributed by atoms with E-state index in [1.54, 1.807) is 48.8 Å². The molecule has 136 valence electrons. The normalized spacial score (nSPS) is 10.9. The van der Waals surface area contributed by atoms with E-state index in [-0.39, 0.29) is 11.9 Å². The summed E-state index contributed by atoms with van der Waals surface area (Å²) >= 11 is 0. The molecule has 1 N–H and O–H groups in total. The van der Waals surface area contributed by atoms with Gasteiger partial charge >= 0.3 is 6.01 Å². The summed E-state index contributed by atoms with van der Waals surface area (Å²) < 4.78 is 5.52. The van der Waals surface area contributed by atoms with E-state index >= 15 is 0 Å². The lowest BCUT2D eigenvalue weighted by molar-refractivity contribution is -0.111. The molecule has 6 nitrogen and oxygen atoms in total. The third-order valence-electron chi connectivity index (χ3n) is 3.90. The van der Waals surface area contributed by atoms with Crippen LogP contribution in [0.3, 0.4) is 0 Å². The van der Waals surface area contributed by atoms with Crippen LogP contribution in [-0.2, 0) is 4.79 Å². The van der Waals surface area contributed by atoms with Crippen molar-refractivity contribution in [3.63, 3.8) is 0 Å². The van der Waals surface area contributed by atoms with E-state index in [4.69, 9.17) is 4.74 Å². The van der Waals surface area contributed by atoms with Gasteiger partial charge in [0.25, 0.3) is 0 Å². The Morgan fingerprint density at radius 3 is 2.50 bits per heavy atom. The Balaban J connectivity index is 1.38. The molecule has 0 saturated carbocycles. The molecule has 1 amide bonds. The fourth-order valence-electron chi connectivity index (χ4n) is 2.57. The molecule has 28 heavy (non-hydrogen) atoms. The Kier molecular flexibility index (Phi) is 5.02. The van der Waals surface area contributed by atoms with Crippen molar-refractivity contribution in [1.82, 2.24) is 15.0 Å². The number of rotatable bonds is 5. The predicted octanol–water partition coefficient (Wildman–Crippen LogP) is 4.47. The van der Waals surface area contributed by atoms with Crippen LogP contribution in [0.15, 0.2) is 85.2 Å². The van der Waals surface area contributed by atoms with Crippen molar-refractivity contribution in [2.24, 2.45) is 0 Å². The first-order valence-electron chi connectivity index (χ1n) is 8.66. The van der Waals surface area contributed by atoms with Crippen LogP contribution in [0.5, 0.6) is 11.8 Å². The van der Waals surface area contributed by atoms with Gasteiger partial charge in [-0.15, -0.1) is 0 Å². The third-order valence-corrected chi connectivity index (χ3v) is 3.90. The number of nitrogens with zero attached hydrogens (tertiary/aromatic N) is 3. The first-order valence-corrected chi connectivity index (χ1v) is 8.66. The molecule has 0 bridgehead atoms. The number of hydrogen-bond donors (Lipinski definition) is 1. The van der Waals surface area contributed by atoms with Crippen LogP contribution < -0.4 is 10.1 Å². The summed E-state index contributed by atoms with van der Waals surface area (Å²) in [6, 6.07) is 20.7. The highest BCUT2D eigenvalue weighted by Crippen LogP contribution is 2.20. The molecule has 4 aromatic rings. The molecule has 0 aliphatic rings. The maximum atomic E-state index is 12.1. The van der Waals surface area contributed by atoms with Gasteiger partial charge in [-0.2, -0.15) is 0 Å². The summed E-state index contributed by atoms with van der Waals surface area (Å²) in [4.78, 5) is 24.7. The molecule has 2 aromatic heterocycles. The van der Waals surface area contributed by atoms with E-state index in [0.717, 1.165) is 16.6 Å². The number of anilines is 1. The Bertz CT molecular complexity index is 1130. The van der Waals surface area contributed by atoms with Crippen LogP contribution in [0.25, 0.3) is 17.0 Å². The summed E-state index contributed by atoms with van der Waals surface area (Å²) in [5.41, 5.74) is 2.27. The molecule has 0 radical (unpaired) electrons. The number of pyridine rings is 1. The molecule has 0 aliphatic carbocycles. The summed E-state index contributed by atoms with van der Waals surface area (Å²) in [5, 5.41) is 3.86. The maximum absolute atomic E-state index is 12.1. The summed E-state index contributed by atoms with van der Waals surface area (Å²) in [5.74, 6) is 0.343. The van der Waals surface area contributed by atoms with Gasteiger partial charge in [-0.3, -0.25) is 4.79 Å². The van der Waals surface area contributed by atoms with Gasteiger partial charge in [-0.05, 0) is 48.5 Å². The van der Waals surface area contributed by atoms with Gasteiger partial charge in [0, 0.05) is 29.5 Å². The number of amides is 1. The van der Waals surface area contributed by atoms with Crippen LogP contribution in [0.4, 0.5) is 5.69 Å². The number of carbonyl (C=O) groups excluding carboxylic acids is 1. The Hall–Kier alpha value is -4.06. The Labute approximate surface area is 161 Å². The average molecular weight is 368 g/mol. The van der Waals surface area contributed by atoms with Crippen molar-refractivity contribution >= 4 is 28.6 Å². The summed E-state index contributed by atoms with van der Waals surface area (Å²) in [7, 11) is 0. The SMILES string of the molecule is O=C(/C=C/c1ccc2ccccc2n1)Nc1ccc(Oc2ncccn2)cc1. The van der Waals surface area contributed by atoms with E-state index in [1.165, 1.54) is 6.08 Å². The molecule has 2 aromatic carbocycles. The standard InChI is InChI=1S/C22H16N4O2/c27-21(13-10-17-7-6-16-4-1-2-5-20(16)25-17)26-18-8-11-19(12-9-18)28-22-23-14-3-15-24-22/h1-15H,(H,26,27)/b13-10+. The Morgan fingerprint density at radius 1 is 0.893 bits per heavy atom. The van der Waals surface area contributed by atoms with Gasteiger partial charge in [0.05, 0.1) is 11.2 Å². The molecule has 4 rings (SSSR count). The number of aromatic nitrogens is 3. The van der Waals surface area contributed by atoms with Gasteiger partial charge in [0.1, 0.15) is 5.75 Å². The molecule has 0 fully saturated rings. The fraction of sp³-hybridized carbons (Fsp3) is 0. The van der Waals surface area contributed by atoms with E-state index in [0.29, 0.717) is 11.4 Å². The van der Waals surface area contributed by atoms with Crippen molar-refractivity contribution in [3.05, 3.63) is 90.9 Å². The van der Waals surface area contributed by atoms with Crippen molar-refractivity contribution < 1.29 is 9.53 Å². The van der Waals surface area contributed by atoms with Gasteiger partial charge in [0.2, 0.25) is 5.91 Å². The third kappa shape index (κ3) is 4.37. The van der Waals surface area contributed by atoms with Gasteiger partial charge < -0.3 is 10.1 Å². The molecule has 0 spiro atoms. The minimum Gasteiger partial charge on any atom is -0.424 e. The van der Waals surface area contributed by atoms with E-state index < -0.39 is 0 Å². The first-order chi connectivity index (χ1) is 13.8. The second-order valence-corrected chi connectivity index (χ2v) is 5.91. The van der Waals surface area contributed by atoms with Crippen molar-refractivity contribution in [2.45, 2.75) is 0 Å². The van der Waals surface area contributed by atoms with Crippen molar-refractivity contribution in [1.29, 1.82) is 0 Å². The maximum Gasteiger partial charge on any atom is 0.321 e. The number of fused-ring (bicyclic) bond motifs is 1. The molecular weight excluding hydrogens is 352 g/mol. The zero-order valence-corrected chi connectivity index (χ0v) is 14.8. The smallest absolute Gasteiger partial charge is 0.321 e. The minimum atomic E-state index is -0.241. The van der Waals surface area contributed by atoms with E-state index in [1.807, 2.05) is 36.4 Å². The van der Waals surface area contributed by atoms with Crippen LogP contribution in [0.1, 0.15) is 5.69 Å². The molecule has 0 unspecified atom stereocenters. The van der Waals surface area contributed by atoms with E-state index in [9.17, 15) is 4.79 Å². The molecule has 6 heteroatoms. The van der Waals surface area contributed by atoms with Crippen molar-refractivity contribution in [3.8, 4) is 11.8 Å². The van der Waals surface area contributed by atoms with Crippen LogP contribution in [0.2, 0.25) is 0 Å². The zero-order valence-electron chi connectivity index (χ0n) is 14.8. The highest BCUT2D eigenvalue weighted by atomic mass is 16.5. The second-order valence-electron chi connectivity index (χ2n) is 5.91. The Morgan fingerprint density at radius 2 is 1.68 bits per heavy atom. The average Bonchev–Trinajstić information content (AvgIpc) is 2.74. The number of hydrogen-bond acceptors (Lipinski definition) is 5. The monoisotopic (exact) mass is 368 g/mol. The largest absolute Gasteiger partial charge is 0.424 e. The van der Waals surface area contributed by atoms with Gasteiger partial charge in [0.15, 0.2) is 0 Å². The summed E-state index contributed by atoms with van der Waals surface area (Å²) in [6.45, 7) is 0. The molecular formula is C22H16N4O2. The predicted molar refractivity (Wildman–Crippen MR) is 108 cm³/mol. The number of nitrogens with one attached hydrogen (secondary N) is 1. The van der Waals surface area contributed by atoms with Gasteiger partial charge in [-0.1, -0.05) is 24.3 Å². The minimum absolute atomic E-state index is 0.241. The second kappa shape index (κ2) is 8.09. The zero-order chi connectivity index (χ0) is 19.2. The number of para-hydroxylation sites is 1. The molecule has 0 aliphatic heterocycles. The number of benzene rings is 2. The van der Waals surface area contributed by atoms with Crippen LogP contribution in [0, 0.1) is 0 Å². The van der Waals surface area contributed by atoms with Crippen LogP contribution >= 0.6 is 0 Å². The molecule has 0 atom stereocenters. The van der Waals surface area contributed by atoms with Gasteiger partial charge in [-0.25, -0.2) is 15.0 Å². The van der Waals surface area contributed by atoms with Crippen LogP contribution in [-0.4, -0.2) is 20.9 Å². The first kappa shape index (κ1) is 17.4. The van der Waals surface area contributed by atoms with E-state index in [2.05, 4.69) is 20.3 Å². The lowest BCUT2D eigenvalue weighted by Gasteiger charge is -2.05. The topological polar surface area (TPSA) is 77.0 Å². The lowest BCUT2D eigenvalue weighted by atomic mass is 10.2. The highest BCUT2D eigenvalue weighted by Gasteiger charge is 2.02. The summed E-state index contributed by atoms with van der Waals surface area (Å²) in [6.07, 6.45) is 6.35. The number of carbonyl (C=O) groups is 1. The quantitative estimate of drug-likeness (QED) is 0.526. The molecule has 2 heterocycles. The fourth-order valence-corrected chi connectivity index (χ4v) is 2.57. The highest BCUT2D eigenvalue weighted by molar-refractivity contribution is 6.01. The van der Waals surface area contributed by atoms with Crippen molar-refractivity contribution in [2.75, 3.05) is 5.32 Å². The molecule has 0 saturated heterocycles.